The van der Waals surface area contributed by atoms with E-state index in [0.29, 0.717) is 5.92 Å². The van der Waals surface area contributed by atoms with E-state index in [4.69, 9.17) is 0 Å². The predicted molar refractivity (Wildman–Crippen MR) is 64.3 cm³/mol. The molecule has 1 aromatic rings. The van der Waals surface area contributed by atoms with Crippen LogP contribution in [0.3, 0.4) is 0 Å². The topological polar surface area (TPSA) is 37.8 Å². The normalized spacial score (nSPS) is 10.7. The minimum Gasteiger partial charge on any atom is -0.370 e. The van der Waals surface area contributed by atoms with E-state index in [9.17, 15) is 0 Å². The van der Waals surface area contributed by atoms with Gasteiger partial charge in [-0.15, -0.1) is 0 Å². The van der Waals surface area contributed by atoms with Gasteiger partial charge in [-0.1, -0.05) is 27.7 Å². The van der Waals surface area contributed by atoms with Crippen LogP contribution in [0.15, 0.2) is 6.07 Å². The number of aromatic nitrogens is 2. The number of anilines is 1. The minimum absolute atomic E-state index is 0.388. The Labute approximate surface area is 92.3 Å². The number of aryl methyl sites for hydroxylation is 1. The molecule has 1 heterocycles. The van der Waals surface area contributed by atoms with Gasteiger partial charge in [-0.05, 0) is 12.8 Å². The lowest BCUT2D eigenvalue weighted by Gasteiger charge is -2.10. The first-order chi connectivity index (χ1) is 7.17. The van der Waals surface area contributed by atoms with Crippen molar-refractivity contribution in [1.29, 1.82) is 0 Å². The molecule has 0 fully saturated rings. The standard InChI is InChI=1S/C12H21N3/c1-5-7-13-11-8-10(6-2)14-12(15-11)9(3)4/h8-9H,5-7H2,1-4H3,(H,13,14,15). The lowest BCUT2D eigenvalue weighted by molar-refractivity contribution is 0.758. The van der Waals surface area contributed by atoms with Gasteiger partial charge in [-0.3, -0.25) is 0 Å². The zero-order chi connectivity index (χ0) is 11.3. The van der Waals surface area contributed by atoms with Crippen molar-refractivity contribution in [1.82, 2.24) is 9.97 Å². The van der Waals surface area contributed by atoms with Crippen LogP contribution >= 0.6 is 0 Å². The molecule has 0 amide bonds. The van der Waals surface area contributed by atoms with Crippen LogP contribution in [0.4, 0.5) is 5.82 Å². The van der Waals surface area contributed by atoms with E-state index in [1.165, 1.54) is 0 Å². The molecule has 0 spiro atoms. The van der Waals surface area contributed by atoms with Gasteiger partial charge in [0.15, 0.2) is 0 Å². The van der Waals surface area contributed by atoms with E-state index in [0.717, 1.165) is 36.7 Å². The average Bonchev–Trinajstić information content (AvgIpc) is 2.25. The molecule has 0 aromatic carbocycles. The number of hydrogen-bond donors (Lipinski definition) is 1. The molecular formula is C12H21N3. The van der Waals surface area contributed by atoms with Crippen molar-refractivity contribution < 1.29 is 0 Å². The molecule has 1 aromatic heterocycles. The van der Waals surface area contributed by atoms with Gasteiger partial charge >= 0.3 is 0 Å². The van der Waals surface area contributed by atoms with Gasteiger partial charge in [0.1, 0.15) is 11.6 Å². The number of nitrogens with one attached hydrogen (secondary N) is 1. The van der Waals surface area contributed by atoms with Crippen LogP contribution in [0.2, 0.25) is 0 Å². The third kappa shape index (κ3) is 3.50. The molecule has 1 rings (SSSR count). The van der Waals surface area contributed by atoms with E-state index in [1.54, 1.807) is 0 Å². The maximum atomic E-state index is 4.51. The molecular weight excluding hydrogens is 186 g/mol. The molecule has 0 unspecified atom stereocenters. The van der Waals surface area contributed by atoms with E-state index in [-0.39, 0.29) is 0 Å². The fraction of sp³-hybridized carbons (Fsp3) is 0.667. The summed E-state index contributed by atoms with van der Waals surface area (Å²) in [7, 11) is 0. The molecule has 84 valence electrons. The van der Waals surface area contributed by atoms with E-state index < -0.39 is 0 Å². The molecule has 3 nitrogen and oxygen atoms in total. The maximum Gasteiger partial charge on any atom is 0.133 e. The zero-order valence-corrected chi connectivity index (χ0v) is 10.2. The summed E-state index contributed by atoms with van der Waals surface area (Å²) in [6.45, 7) is 9.49. The second-order valence-electron chi connectivity index (χ2n) is 4.04. The Kier molecular flexibility index (Phi) is 4.53. The minimum atomic E-state index is 0.388. The first-order valence-corrected chi connectivity index (χ1v) is 5.79. The lowest BCUT2D eigenvalue weighted by Crippen LogP contribution is -2.07. The van der Waals surface area contributed by atoms with Crippen molar-refractivity contribution in [3.63, 3.8) is 0 Å². The molecule has 0 saturated heterocycles. The second kappa shape index (κ2) is 5.69. The number of nitrogens with zero attached hydrogens (tertiary/aromatic N) is 2. The average molecular weight is 207 g/mol. The Balaban J connectivity index is 2.90. The molecule has 15 heavy (non-hydrogen) atoms. The number of rotatable bonds is 5. The Hall–Kier alpha value is -1.12. The van der Waals surface area contributed by atoms with Crippen molar-refractivity contribution in [2.24, 2.45) is 0 Å². The van der Waals surface area contributed by atoms with Crippen molar-refractivity contribution in [2.75, 3.05) is 11.9 Å². The maximum absolute atomic E-state index is 4.51. The first kappa shape index (κ1) is 12.0. The van der Waals surface area contributed by atoms with Gasteiger partial charge in [-0.25, -0.2) is 9.97 Å². The largest absolute Gasteiger partial charge is 0.370 e. The Morgan fingerprint density at radius 2 is 2.00 bits per heavy atom. The fourth-order valence-corrected chi connectivity index (χ4v) is 1.30. The van der Waals surface area contributed by atoms with Gasteiger partial charge in [0.25, 0.3) is 0 Å². The summed E-state index contributed by atoms with van der Waals surface area (Å²) in [4.78, 5) is 9.00. The predicted octanol–water partition coefficient (Wildman–Crippen LogP) is 2.98. The van der Waals surface area contributed by atoms with Crippen LogP contribution in [0.25, 0.3) is 0 Å². The summed E-state index contributed by atoms with van der Waals surface area (Å²) in [6, 6.07) is 2.04. The zero-order valence-electron chi connectivity index (χ0n) is 10.2. The fourth-order valence-electron chi connectivity index (χ4n) is 1.30. The molecule has 0 radical (unpaired) electrons. The first-order valence-electron chi connectivity index (χ1n) is 5.79. The molecule has 1 N–H and O–H groups in total. The summed E-state index contributed by atoms with van der Waals surface area (Å²) in [6.07, 6.45) is 2.07. The highest BCUT2D eigenvalue weighted by Crippen LogP contribution is 2.14. The monoisotopic (exact) mass is 207 g/mol. The highest BCUT2D eigenvalue weighted by Gasteiger charge is 2.06. The van der Waals surface area contributed by atoms with Crippen LogP contribution in [0.1, 0.15) is 51.6 Å². The molecule has 0 saturated carbocycles. The van der Waals surface area contributed by atoms with Crippen LogP contribution < -0.4 is 5.32 Å². The van der Waals surface area contributed by atoms with E-state index in [2.05, 4.69) is 43.0 Å². The second-order valence-corrected chi connectivity index (χ2v) is 4.04. The van der Waals surface area contributed by atoms with Crippen molar-refractivity contribution in [3.8, 4) is 0 Å². The van der Waals surface area contributed by atoms with E-state index in [1.807, 2.05) is 6.07 Å². The molecule has 0 aliphatic carbocycles. The van der Waals surface area contributed by atoms with Crippen LogP contribution in [-0.4, -0.2) is 16.5 Å². The van der Waals surface area contributed by atoms with Gasteiger partial charge in [0.05, 0.1) is 0 Å². The van der Waals surface area contributed by atoms with Crippen LogP contribution in [-0.2, 0) is 6.42 Å². The third-order valence-electron chi connectivity index (χ3n) is 2.23. The molecule has 0 bridgehead atoms. The Morgan fingerprint density at radius 3 is 2.53 bits per heavy atom. The number of hydrogen-bond acceptors (Lipinski definition) is 3. The van der Waals surface area contributed by atoms with Crippen molar-refractivity contribution >= 4 is 5.82 Å². The SMILES string of the molecule is CCCNc1cc(CC)nc(C(C)C)n1. The molecule has 0 atom stereocenters. The highest BCUT2D eigenvalue weighted by molar-refractivity contribution is 5.36. The van der Waals surface area contributed by atoms with Gasteiger partial charge < -0.3 is 5.32 Å². The summed E-state index contributed by atoms with van der Waals surface area (Å²) < 4.78 is 0. The Bertz CT molecular complexity index is 308. The van der Waals surface area contributed by atoms with Gasteiger partial charge in [-0.2, -0.15) is 0 Å². The van der Waals surface area contributed by atoms with Crippen LogP contribution in [0, 0.1) is 0 Å². The highest BCUT2D eigenvalue weighted by atomic mass is 15.0. The van der Waals surface area contributed by atoms with Crippen LogP contribution in [0.5, 0.6) is 0 Å². The quantitative estimate of drug-likeness (QED) is 0.806. The summed E-state index contributed by atoms with van der Waals surface area (Å²) >= 11 is 0. The van der Waals surface area contributed by atoms with E-state index >= 15 is 0 Å². The molecule has 0 aliphatic rings. The third-order valence-corrected chi connectivity index (χ3v) is 2.23. The smallest absolute Gasteiger partial charge is 0.133 e. The summed E-state index contributed by atoms with van der Waals surface area (Å²) in [5, 5.41) is 3.31. The summed E-state index contributed by atoms with van der Waals surface area (Å²) in [5.41, 5.74) is 1.12. The summed E-state index contributed by atoms with van der Waals surface area (Å²) in [5.74, 6) is 2.29. The molecule has 3 heteroatoms. The lowest BCUT2D eigenvalue weighted by atomic mass is 10.2. The van der Waals surface area contributed by atoms with Gasteiger partial charge in [0, 0.05) is 24.2 Å². The van der Waals surface area contributed by atoms with Crippen molar-refractivity contribution in [3.05, 3.63) is 17.6 Å². The Morgan fingerprint density at radius 1 is 1.27 bits per heavy atom. The van der Waals surface area contributed by atoms with Gasteiger partial charge in [0.2, 0.25) is 0 Å². The molecule has 0 aliphatic heterocycles. The van der Waals surface area contributed by atoms with Crippen molar-refractivity contribution in [2.45, 2.75) is 46.5 Å².